The Labute approximate surface area is 302 Å². The molecule has 0 spiro atoms. The zero-order valence-corrected chi connectivity index (χ0v) is 32.7. The Balaban J connectivity index is 0.000000469. The fourth-order valence-electron chi connectivity index (χ4n) is 6.27. The Morgan fingerprint density at radius 1 is 0.800 bits per heavy atom. The largest absolute Gasteiger partial charge is 0.358 e. The smallest absolute Gasteiger partial charge is 0.171 e. The first-order chi connectivity index (χ1) is 20.0. The molecule has 0 nitrogen and oxygen atoms in total. The van der Waals surface area contributed by atoms with E-state index < -0.39 is 0 Å². The molecule has 0 saturated heterocycles. The maximum atomic E-state index is 3.34. The average molecular weight is 717 g/mol. The van der Waals surface area contributed by atoms with Crippen LogP contribution in [0.5, 0.6) is 0 Å². The van der Waals surface area contributed by atoms with E-state index in [0.29, 0.717) is 5.92 Å². The molecule has 4 aliphatic carbocycles. The van der Waals surface area contributed by atoms with Gasteiger partial charge < -0.3 is 7.43 Å². The third kappa shape index (κ3) is 9.22. The molecular weight excluding hydrogens is 667 g/mol. The number of allylic oxidation sites excluding steroid dienone is 8. The van der Waals surface area contributed by atoms with Gasteiger partial charge in [0, 0.05) is 0 Å². The molecule has 3 aromatic carbocycles. The van der Waals surface area contributed by atoms with Crippen LogP contribution in [0.25, 0.3) is 22.3 Å². The van der Waals surface area contributed by atoms with Gasteiger partial charge in [0.15, 0.2) is 0 Å². The van der Waals surface area contributed by atoms with Crippen molar-refractivity contribution in [3.05, 3.63) is 144 Å². The van der Waals surface area contributed by atoms with Gasteiger partial charge in [0.05, 0.1) is 0 Å². The molecule has 0 aliphatic heterocycles. The summed E-state index contributed by atoms with van der Waals surface area (Å²) in [6.07, 6.45) is 16.7. The molecule has 0 amide bonds. The van der Waals surface area contributed by atoms with Crippen molar-refractivity contribution in [1.82, 2.24) is 0 Å². The number of hydrogen-bond donors (Lipinski definition) is 0. The number of halogens is 2. The molecule has 0 heterocycles. The van der Waals surface area contributed by atoms with Crippen LogP contribution in [-0.2, 0) is 41.5 Å². The van der Waals surface area contributed by atoms with Crippen molar-refractivity contribution in [1.29, 1.82) is 0 Å². The third-order valence-corrected chi connectivity index (χ3v) is 8.79. The quantitative estimate of drug-likeness (QED) is 0.159. The van der Waals surface area contributed by atoms with Crippen molar-refractivity contribution < 1.29 is 24.2 Å². The Morgan fingerprint density at radius 2 is 1.36 bits per heavy atom. The molecule has 0 fully saturated rings. The van der Waals surface area contributed by atoms with E-state index in [4.69, 9.17) is 0 Å². The van der Waals surface area contributed by atoms with Crippen LogP contribution in [0, 0.1) is 31.9 Å². The maximum absolute atomic E-state index is 3.34. The van der Waals surface area contributed by atoms with Crippen molar-refractivity contribution in [2.75, 3.05) is 0 Å². The molecule has 4 aliphatic rings. The molecule has 240 valence electrons. The van der Waals surface area contributed by atoms with Gasteiger partial charge >= 0.3 is 28.4 Å². The van der Waals surface area contributed by atoms with Gasteiger partial charge in [-0.2, -0.15) is 48.0 Å². The topological polar surface area (TPSA) is 0 Å². The second-order valence-corrected chi connectivity index (χ2v) is 13.1. The molecule has 3 aromatic rings. The van der Waals surface area contributed by atoms with E-state index in [1.807, 2.05) is 36.4 Å². The molecule has 7 rings (SSSR count). The van der Waals surface area contributed by atoms with Crippen LogP contribution in [0.4, 0.5) is 0 Å². The van der Waals surface area contributed by atoms with Gasteiger partial charge in [-0.3, -0.25) is 6.08 Å². The second-order valence-electron chi connectivity index (χ2n) is 13.1. The van der Waals surface area contributed by atoms with E-state index in [-0.39, 0.29) is 43.1 Å². The fraction of sp³-hybridized carbons (Fsp3) is 0.310. The van der Waals surface area contributed by atoms with Crippen LogP contribution in [0.3, 0.4) is 0 Å². The van der Waals surface area contributed by atoms with Crippen LogP contribution < -0.4 is 0 Å². The van der Waals surface area contributed by atoms with Gasteiger partial charge in [-0.1, -0.05) is 75.8 Å². The van der Waals surface area contributed by atoms with E-state index in [1.165, 1.54) is 85.5 Å². The van der Waals surface area contributed by atoms with E-state index in [9.17, 15) is 0 Å². The van der Waals surface area contributed by atoms with E-state index in [1.54, 1.807) is 0 Å². The zero-order valence-electron chi connectivity index (χ0n) is 28.6. The predicted molar refractivity (Wildman–Crippen MR) is 201 cm³/mol. The standard InChI is InChI=1S/C27H29.C7H9.C6H5.CH3.CH2.2ClH.Zr/c1-16-7-9-26(3,4)24-12-18-11-19-13-25-21(17(2)8-10-27(25,5)6)15-23(19)22(18)14-20(16)24;1-6-3-4-7(2)5-6;1-2-4-6-5-3-1;;;;;/h7-9,12-15H,10-11H2,1-6H3;3,5,7H,1-2H3;1-5H;1H3;1H2;2*1H;/q4*-1;;;;. The summed E-state index contributed by atoms with van der Waals surface area (Å²) in [6.45, 7) is 18.2. The monoisotopic (exact) mass is 714 g/mol. The van der Waals surface area contributed by atoms with Gasteiger partial charge in [-0.25, -0.2) is 24.1 Å². The van der Waals surface area contributed by atoms with Crippen LogP contribution >= 0.6 is 24.8 Å². The van der Waals surface area contributed by atoms with Gasteiger partial charge in [-0.15, -0.1) is 44.2 Å². The van der Waals surface area contributed by atoms with Gasteiger partial charge in [0.25, 0.3) is 0 Å². The summed E-state index contributed by atoms with van der Waals surface area (Å²) in [6, 6.07) is 22.5. The molecule has 0 saturated carbocycles. The third-order valence-electron chi connectivity index (χ3n) is 8.79. The Bertz CT molecular complexity index is 1460. The van der Waals surface area contributed by atoms with Crippen molar-refractivity contribution in [3.8, 4) is 11.1 Å². The molecule has 0 bridgehead atoms. The average Bonchev–Trinajstić information content (AvgIpc) is 3.55. The first kappa shape index (κ1) is 40.8. The summed E-state index contributed by atoms with van der Waals surface area (Å²) in [7, 11) is 0. The minimum absolute atomic E-state index is 0. The Kier molecular flexibility index (Phi) is 15.5. The molecule has 1 unspecified atom stereocenters. The minimum Gasteiger partial charge on any atom is -0.358 e. The maximum Gasteiger partial charge on any atom is -0.171 e. The first-order valence-corrected chi connectivity index (χ1v) is 16.8. The van der Waals surface area contributed by atoms with Crippen LogP contribution in [0.15, 0.2) is 84.5 Å². The Morgan fingerprint density at radius 3 is 1.80 bits per heavy atom. The second kappa shape index (κ2) is 17.1. The molecule has 45 heavy (non-hydrogen) atoms. The predicted octanol–water partition coefficient (Wildman–Crippen LogP) is 11.9. The van der Waals surface area contributed by atoms with Gasteiger partial charge in [-0.05, 0) is 70.2 Å². The van der Waals surface area contributed by atoms with Crippen molar-refractivity contribution in [3.63, 3.8) is 0 Å². The van der Waals surface area contributed by atoms with Crippen molar-refractivity contribution >= 4 is 40.2 Å². The number of fused-ring (bicyclic) bond motifs is 5. The van der Waals surface area contributed by atoms with Crippen molar-refractivity contribution in [2.24, 2.45) is 5.92 Å². The van der Waals surface area contributed by atoms with Gasteiger partial charge in [0.2, 0.25) is 0 Å². The molecule has 1 atom stereocenters. The van der Waals surface area contributed by atoms with E-state index in [2.05, 4.69) is 121 Å². The minimum atomic E-state index is 0. The summed E-state index contributed by atoms with van der Waals surface area (Å²) >= 11 is 1.30. The molecule has 0 N–H and O–H groups in total. The van der Waals surface area contributed by atoms with Crippen LogP contribution in [-0.4, -0.2) is 4.21 Å². The number of hydrogen-bond acceptors (Lipinski definition) is 0. The zero-order chi connectivity index (χ0) is 30.7. The van der Waals surface area contributed by atoms with Crippen LogP contribution in [0.2, 0.25) is 0 Å². The van der Waals surface area contributed by atoms with E-state index >= 15 is 0 Å². The van der Waals surface area contributed by atoms with Crippen LogP contribution in [0.1, 0.15) is 95.2 Å². The Hall–Kier alpha value is -2.18. The molecule has 3 heteroatoms. The van der Waals surface area contributed by atoms with E-state index in [0.717, 1.165) is 12.8 Å². The molecular formula is C42H50Cl2Zr-4. The van der Waals surface area contributed by atoms with Gasteiger partial charge in [0.1, 0.15) is 0 Å². The fourth-order valence-corrected chi connectivity index (χ4v) is 6.27. The number of rotatable bonds is 0. The molecule has 0 radical (unpaired) electrons. The van der Waals surface area contributed by atoms with Crippen molar-refractivity contribution in [2.45, 2.75) is 79.1 Å². The summed E-state index contributed by atoms with van der Waals surface area (Å²) in [5.41, 5.74) is 16.3. The summed E-state index contributed by atoms with van der Waals surface area (Å²) in [4.78, 5) is 0. The summed E-state index contributed by atoms with van der Waals surface area (Å²) < 4.78 is 3.34. The summed E-state index contributed by atoms with van der Waals surface area (Å²) in [5.74, 6) is 0.556. The first-order valence-electron chi connectivity index (χ1n) is 15.1. The normalized spacial score (nSPS) is 17.8. The summed E-state index contributed by atoms with van der Waals surface area (Å²) in [5, 5.41) is 0. The SMILES string of the molecule is CC1=CC(C)[C-]=C1.CC1=C[CH-]C(C)(C)c2cc3c(cc21)-c1cc2c(cc1C3)C(C)(C)CC=C2C.Cl.Cl.[CH2]=[Zr].[CH3-].[c-]1ccccc1. The number of benzene rings is 3. The molecule has 0 aromatic heterocycles.